The van der Waals surface area contributed by atoms with Crippen molar-refractivity contribution in [2.75, 3.05) is 13.2 Å². The molecule has 0 spiro atoms. The largest absolute Gasteiger partial charge is 0.480 e. The van der Waals surface area contributed by atoms with E-state index < -0.39 is 54.5 Å². The van der Waals surface area contributed by atoms with Crippen LogP contribution >= 0.6 is 0 Å². The van der Waals surface area contributed by atoms with Crippen LogP contribution in [-0.4, -0.2) is 76.1 Å². The summed E-state index contributed by atoms with van der Waals surface area (Å²) in [6.45, 7) is 2.99. The van der Waals surface area contributed by atoms with Crippen LogP contribution in [-0.2, 0) is 25.6 Å². The number of likely N-dealkylation sites (tertiary alicyclic amines) is 1. The molecule has 1 aromatic rings. The summed E-state index contributed by atoms with van der Waals surface area (Å²) in [4.78, 5) is 50.7. The summed E-state index contributed by atoms with van der Waals surface area (Å²) >= 11 is 0. The number of carbonyl (C=O) groups is 4. The predicted octanol–water partition coefficient (Wildman–Crippen LogP) is -0.750. The van der Waals surface area contributed by atoms with E-state index >= 15 is 0 Å². The number of aliphatic hydroxyl groups is 1. The van der Waals surface area contributed by atoms with Crippen LogP contribution < -0.4 is 16.4 Å². The number of nitrogens with zero attached hydrogens (tertiary/aromatic N) is 1. The molecule has 0 aliphatic carbocycles. The van der Waals surface area contributed by atoms with Gasteiger partial charge in [0.25, 0.3) is 0 Å². The number of aliphatic carboxylic acids is 1. The van der Waals surface area contributed by atoms with Crippen molar-refractivity contribution in [1.29, 1.82) is 0 Å². The molecule has 10 nitrogen and oxygen atoms in total. The molecule has 6 N–H and O–H groups in total. The van der Waals surface area contributed by atoms with Crippen LogP contribution in [0.5, 0.6) is 0 Å². The number of nitrogens with one attached hydrogen (secondary N) is 2. The number of hydrogen-bond donors (Lipinski definition) is 5. The second-order valence-corrected chi connectivity index (χ2v) is 8.30. The van der Waals surface area contributed by atoms with Crippen molar-refractivity contribution in [2.24, 2.45) is 11.7 Å². The number of carboxylic acid groups (broad SMARTS) is 1. The summed E-state index contributed by atoms with van der Waals surface area (Å²) in [6, 6.07) is 5.08. The predicted molar refractivity (Wildman–Crippen MR) is 116 cm³/mol. The Labute approximate surface area is 187 Å². The second kappa shape index (κ2) is 11.6. The maximum atomic E-state index is 12.8. The Kier molecular flexibility index (Phi) is 9.15. The standard InChI is InChI=1S/C22H32N4O6/c1-13(2)18(25-19(28)15(23)11-14-7-4-3-5-8-14)20(29)24-16(12-27)21(30)26-10-6-9-17(26)22(31)32/h3-5,7-8,13,15-18,27H,6,9-12,23H2,1-2H3,(H,24,29)(H,25,28)(H,31,32). The lowest BCUT2D eigenvalue weighted by Gasteiger charge is -2.29. The van der Waals surface area contributed by atoms with Crippen LogP contribution in [0.15, 0.2) is 30.3 Å². The van der Waals surface area contributed by atoms with E-state index in [2.05, 4.69) is 10.6 Å². The van der Waals surface area contributed by atoms with Crippen LogP contribution in [0.4, 0.5) is 0 Å². The molecule has 176 valence electrons. The molecule has 2 rings (SSSR count). The zero-order valence-corrected chi connectivity index (χ0v) is 18.4. The molecular formula is C22H32N4O6. The van der Waals surface area contributed by atoms with E-state index in [1.54, 1.807) is 13.8 Å². The van der Waals surface area contributed by atoms with Crippen molar-refractivity contribution in [2.45, 2.75) is 57.3 Å². The van der Waals surface area contributed by atoms with Crippen LogP contribution in [0.3, 0.4) is 0 Å². The molecule has 3 amide bonds. The number of amides is 3. The van der Waals surface area contributed by atoms with Gasteiger partial charge in [0.15, 0.2) is 0 Å². The van der Waals surface area contributed by atoms with Gasteiger partial charge in [-0.3, -0.25) is 14.4 Å². The topological polar surface area (TPSA) is 162 Å². The van der Waals surface area contributed by atoms with Gasteiger partial charge >= 0.3 is 5.97 Å². The Morgan fingerprint density at radius 3 is 2.34 bits per heavy atom. The summed E-state index contributed by atoms with van der Waals surface area (Å²) in [7, 11) is 0. The van der Waals surface area contributed by atoms with Crippen LogP contribution in [0.2, 0.25) is 0 Å². The molecule has 10 heteroatoms. The van der Waals surface area contributed by atoms with Crippen molar-refractivity contribution < 1.29 is 29.4 Å². The van der Waals surface area contributed by atoms with Gasteiger partial charge < -0.3 is 31.5 Å². The maximum absolute atomic E-state index is 12.8. The van der Waals surface area contributed by atoms with Crippen LogP contribution in [0.25, 0.3) is 0 Å². The Morgan fingerprint density at radius 2 is 1.78 bits per heavy atom. The van der Waals surface area contributed by atoms with Crippen molar-refractivity contribution >= 4 is 23.7 Å². The molecule has 0 aromatic heterocycles. The first-order valence-corrected chi connectivity index (χ1v) is 10.7. The summed E-state index contributed by atoms with van der Waals surface area (Å²) in [5.74, 6) is -3.28. The molecular weight excluding hydrogens is 416 g/mol. The van der Waals surface area contributed by atoms with Gasteiger partial charge in [-0.2, -0.15) is 0 Å². The molecule has 0 saturated carbocycles. The van der Waals surface area contributed by atoms with E-state index in [-0.39, 0.29) is 12.5 Å². The van der Waals surface area contributed by atoms with Gasteiger partial charge in [-0.25, -0.2) is 4.79 Å². The lowest BCUT2D eigenvalue weighted by Crippen LogP contribution is -2.59. The normalized spacial score (nSPS) is 18.7. The minimum Gasteiger partial charge on any atom is -0.480 e. The Bertz CT molecular complexity index is 816. The van der Waals surface area contributed by atoms with Crippen LogP contribution in [0.1, 0.15) is 32.3 Å². The first-order chi connectivity index (χ1) is 15.1. The van der Waals surface area contributed by atoms with Gasteiger partial charge in [0.1, 0.15) is 18.1 Å². The smallest absolute Gasteiger partial charge is 0.326 e. The minimum atomic E-state index is -1.31. The molecule has 1 aliphatic heterocycles. The summed E-state index contributed by atoms with van der Waals surface area (Å²) < 4.78 is 0. The highest BCUT2D eigenvalue weighted by Crippen LogP contribution is 2.18. The Balaban J connectivity index is 2.02. The highest BCUT2D eigenvalue weighted by molar-refractivity contribution is 5.94. The molecule has 1 aliphatic rings. The number of rotatable bonds is 10. The molecule has 0 radical (unpaired) electrons. The summed E-state index contributed by atoms with van der Waals surface area (Å²) in [6.07, 6.45) is 1.14. The van der Waals surface area contributed by atoms with Gasteiger partial charge in [0.05, 0.1) is 12.6 Å². The molecule has 1 saturated heterocycles. The fourth-order valence-corrected chi connectivity index (χ4v) is 3.69. The van der Waals surface area contributed by atoms with Gasteiger partial charge in [0.2, 0.25) is 17.7 Å². The van der Waals surface area contributed by atoms with E-state index in [0.29, 0.717) is 19.3 Å². The fraction of sp³-hybridized carbons (Fsp3) is 0.545. The number of aliphatic hydroxyl groups excluding tert-OH is 1. The van der Waals surface area contributed by atoms with E-state index in [1.165, 1.54) is 0 Å². The minimum absolute atomic E-state index is 0.237. The molecule has 1 fully saturated rings. The third-order valence-electron chi connectivity index (χ3n) is 5.50. The number of carboxylic acids is 1. The van der Waals surface area contributed by atoms with Gasteiger partial charge in [-0.15, -0.1) is 0 Å². The lowest BCUT2D eigenvalue weighted by atomic mass is 10.0. The average molecular weight is 449 g/mol. The summed E-state index contributed by atoms with van der Waals surface area (Å²) in [5.41, 5.74) is 6.88. The highest BCUT2D eigenvalue weighted by atomic mass is 16.4. The number of carbonyl (C=O) groups excluding carboxylic acids is 3. The number of hydrogen-bond acceptors (Lipinski definition) is 6. The van der Waals surface area contributed by atoms with E-state index in [1.807, 2.05) is 30.3 Å². The van der Waals surface area contributed by atoms with Crippen molar-refractivity contribution in [3.63, 3.8) is 0 Å². The summed E-state index contributed by atoms with van der Waals surface area (Å²) in [5, 5.41) is 24.0. The van der Waals surface area contributed by atoms with Crippen LogP contribution in [0, 0.1) is 5.92 Å². The van der Waals surface area contributed by atoms with E-state index in [9.17, 15) is 29.4 Å². The van der Waals surface area contributed by atoms with Crippen molar-refractivity contribution in [3.8, 4) is 0 Å². The fourth-order valence-electron chi connectivity index (χ4n) is 3.69. The van der Waals surface area contributed by atoms with Gasteiger partial charge in [-0.05, 0) is 30.7 Å². The zero-order chi connectivity index (χ0) is 23.8. The monoisotopic (exact) mass is 448 g/mol. The number of benzene rings is 1. The highest BCUT2D eigenvalue weighted by Gasteiger charge is 2.38. The van der Waals surface area contributed by atoms with E-state index in [0.717, 1.165) is 10.5 Å². The molecule has 0 bridgehead atoms. The Hall–Kier alpha value is -2.98. The van der Waals surface area contributed by atoms with Crippen molar-refractivity contribution in [1.82, 2.24) is 15.5 Å². The second-order valence-electron chi connectivity index (χ2n) is 8.30. The molecule has 4 unspecified atom stereocenters. The third kappa shape index (κ3) is 6.51. The average Bonchev–Trinajstić information content (AvgIpc) is 3.25. The van der Waals surface area contributed by atoms with Crippen molar-refractivity contribution in [3.05, 3.63) is 35.9 Å². The third-order valence-corrected chi connectivity index (χ3v) is 5.50. The quantitative estimate of drug-likeness (QED) is 0.314. The lowest BCUT2D eigenvalue weighted by molar-refractivity contribution is -0.150. The SMILES string of the molecule is CC(C)C(NC(=O)C(N)Cc1ccccc1)C(=O)NC(CO)C(=O)N1CCCC1C(=O)O. The molecule has 4 atom stereocenters. The van der Waals surface area contributed by atoms with Gasteiger partial charge in [-0.1, -0.05) is 44.2 Å². The molecule has 32 heavy (non-hydrogen) atoms. The molecule has 1 aromatic carbocycles. The first kappa shape index (κ1) is 25.3. The zero-order valence-electron chi connectivity index (χ0n) is 18.4. The Morgan fingerprint density at radius 1 is 1.12 bits per heavy atom. The van der Waals surface area contributed by atoms with Gasteiger partial charge in [0, 0.05) is 6.54 Å². The number of nitrogens with two attached hydrogens (primary N) is 1. The maximum Gasteiger partial charge on any atom is 0.326 e. The first-order valence-electron chi connectivity index (χ1n) is 10.7. The molecule has 1 heterocycles. The van der Waals surface area contributed by atoms with E-state index in [4.69, 9.17) is 5.73 Å².